The van der Waals surface area contributed by atoms with E-state index in [4.69, 9.17) is 5.14 Å². The summed E-state index contributed by atoms with van der Waals surface area (Å²) in [7, 11) is -4.00. The lowest BCUT2D eigenvalue weighted by molar-refractivity contribution is -0.274. The maximum Gasteiger partial charge on any atom is 0.573 e. The normalized spacial score (nSPS) is 19.6. The van der Waals surface area contributed by atoms with Crippen molar-refractivity contribution in [1.82, 2.24) is 14.8 Å². The molecule has 1 heterocycles. The van der Waals surface area contributed by atoms with E-state index in [0.717, 1.165) is 19.3 Å². The molecule has 32 heavy (non-hydrogen) atoms. The van der Waals surface area contributed by atoms with Gasteiger partial charge in [-0.15, -0.1) is 23.4 Å². The number of nitrogens with zero attached hydrogens (tertiary/aromatic N) is 3. The monoisotopic (exact) mass is 466 g/mol. The number of sulfonamides is 1. The summed E-state index contributed by atoms with van der Waals surface area (Å²) in [5.41, 5.74) is 1.33. The van der Waals surface area contributed by atoms with Gasteiger partial charge in [-0.2, -0.15) is 0 Å². The fraction of sp³-hybridized carbons (Fsp3) is 0.333. The van der Waals surface area contributed by atoms with E-state index >= 15 is 0 Å². The van der Waals surface area contributed by atoms with Crippen LogP contribution in [0.25, 0.3) is 11.1 Å². The predicted octanol–water partition coefficient (Wildman–Crippen LogP) is 4.39. The third-order valence-corrected chi connectivity index (χ3v) is 6.61. The highest BCUT2D eigenvalue weighted by atomic mass is 32.2. The van der Waals surface area contributed by atoms with Crippen LogP contribution < -0.4 is 9.88 Å². The van der Waals surface area contributed by atoms with E-state index in [-0.39, 0.29) is 28.2 Å². The molecule has 0 spiro atoms. The standard InChI is InChI=1S/C21H21F3N4O3S/c22-21(23,24)31-20-7-2-1-6-18(20)17-9-8-16(32(25,29)30)11-19(17)14-4-3-5-15(10-14)28-12-26-27-13-28/h1-2,6-9,11-15H,3-5,10H2,(H2,25,29,30)/t14-,15+/m0/s1. The molecule has 0 saturated heterocycles. The number of rotatable bonds is 5. The van der Waals surface area contributed by atoms with Crippen molar-refractivity contribution in [3.63, 3.8) is 0 Å². The minimum Gasteiger partial charge on any atom is -0.405 e. The van der Waals surface area contributed by atoms with E-state index in [0.29, 0.717) is 17.5 Å². The van der Waals surface area contributed by atoms with Crippen LogP contribution in [0.15, 0.2) is 60.0 Å². The third kappa shape index (κ3) is 4.94. The van der Waals surface area contributed by atoms with Gasteiger partial charge in [-0.1, -0.05) is 30.7 Å². The molecule has 170 valence electrons. The van der Waals surface area contributed by atoms with Crippen molar-refractivity contribution in [2.24, 2.45) is 5.14 Å². The minimum atomic E-state index is -4.86. The van der Waals surface area contributed by atoms with Crippen LogP contribution in [0, 0.1) is 0 Å². The van der Waals surface area contributed by atoms with Gasteiger partial charge in [0.2, 0.25) is 10.0 Å². The molecule has 0 amide bonds. The fourth-order valence-corrected chi connectivity index (χ4v) is 4.87. The summed E-state index contributed by atoms with van der Waals surface area (Å²) < 4.78 is 69.1. The highest BCUT2D eigenvalue weighted by Crippen LogP contribution is 2.44. The van der Waals surface area contributed by atoms with E-state index < -0.39 is 16.4 Å². The highest BCUT2D eigenvalue weighted by molar-refractivity contribution is 7.89. The number of hydrogen-bond donors (Lipinski definition) is 1. The number of ether oxygens (including phenoxy) is 1. The van der Waals surface area contributed by atoms with E-state index in [1.165, 1.54) is 36.4 Å². The molecule has 4 rings (SSSR count). The van der Waals surface area contributed by atoms with Crippen LogP contribution in [0.3, 0.4) is 0 Å². The first-order valence-electron chi connectivity index (χ1n) is 9.98. The molecule has 1 aliphatic carbocycles. The molecule has 0 bridgehead atoms. The lowest BCUT2D eigenvalue weighted by atomic mass is 9.78. The fourth-order valence-electron chi connectivity index (χ4n) is 4.32. The molecule has 1 aromatic heterocycles. The zero-order chi connectivity index (χ0) is 22.9. The van der Waals surface area contributed by atoms with Gasteiger partial charge in [0.1, 0.15) is 18.4 Å². The van der Waals surface area contributed by atoms with Crippen molar-refractivity contribution < 1.29 is 26.3 Å². The number of primary sulfonamides is 1. The molecule has 1 fully saturated rings. The van der Waals surface area contributed by atoms with Crippen molar-refractivity contribution in [1.29, 1.82) is 0 Å². The molecule has 0 aliphatic heterocycles. The van der Waals surface area contributed by atoms with Gasteiger partial charge >= 0.3 is 6.36 Å². The van der Waals surface area contributed by atoms with Gasteiger partial charge in [-0.05, 0) is 54.5 Å². The molecule has 3 aromatic rings. The SMILES string of the molecule is NS(=O)(=O)c1ccc(-c2ccccc2OC(F)(F)F)c([C@H]2CCC[C@@H](n3cnnc3)C2)c1. The lowest BCUT2D eigenvalue weighted by Gasteiger charge is -2.31. The molecule has 0 unspecified atom stereocenters. The summed E-state index contributed by atoms with van der Waals surface area (Å²) >= 11 is 0. The van der Waals surface area contributed by atoms with Gasteiger partial charge < -0.3 is 9.30 Å². The van der Waals surface area contributed by atoms with E-state index in [9.17, 15) is 21.6 Å². The Kier molecular flexibility index (Phi) is 5.95. The van der Waals surface area contributed by atoms with Crippen LogP contribution in [0.4, 0.5) is 13.2 Å². The lowest BCUT2D eigenvalue weighted by Crippen LogP contribution is -2.19. The first-order valence-corrected chi connectivity index (χ1v) is 11.5. The van der Waals surface area contributed by atoms with Crippen molar-refractivity contribution in [3.05, 3.63) is 60.7 Å². The quantitative estimate of drug-likeness (QED) is 0.601. The third-order valence-electron chi connectivity index (χ3n) is 5.70. The summed E-state index contributed by atoms with van der Waals surface area (Å²) in [5.74, 6) is -0.456. The second kappa shape index (κ2) is 8.55. The van der Waals surface area contributed by atoms with E-state index in [1.54, 1.807) is 18.7 Å². The van der Waals surface area contributed by atoms with Crippen LogP contribution in [0.5, 0.6) is 5.75 Å². The Labute approximate surface area is 183 Å². The van der Waals surface area contributed by atoms with Crippen LogP contribution in [0.2, 0.25) is 0 Å². The Bertz CT molecular complexity index is 1200. The van der Waals surface area contributed by atoms with Gasteiger partial charge in [0.05, 0.1) is 4.90 Å². The number of aromatic nitrogens is 3. The molecule has 1 saturated carbocycles. The molecule has 2 aromatic carbocycles. The predicted molar refractivity (Wildman–Crippen MR) is 110 cm³/mol. The summed E-state index contributed by atoms with van der Waals surface area (Å²) in [5, 5.41) is 13.0. The summed E-state index contributed by atoms with van der Waals surface area (Å²) in [4.78, 5) is -0.0862. The molecule has 1 aliphatic rings. The van der Waals surface area contributed by atoms with Crippen LogP contribution in [-0.2, 0) is 10.0 Å². The molecule has 11 heteroatoms. The molecular weight excluding hydrogens is 445 g/mol. The molecule has 0 radical (unpaired) electrons. The molecule has 2 atom stereocenters. The first-order chi connectivity index (χ1) is 15.1. The summed E-state index contributed by atoms with van der Waals surface area (Å²) in [6, 6.07) is 10.2. The van der Waals surface area contributed by atoms with Gasteiger partial charge in [0.25, 0.3) is 0 Å². The average molecular weight is 466 g/mol. The van der Waals surface area contributed by atoms with Crippen molar-refractivity contribution in [2.75, 3.05) is 0 Å². The Morgan fingerprint density at radius 3 is 2.44 bits per heavy atom. The smallest absolute Gasteiger partial charge is 0.405 e. The number of para-hydroxylation sites is 1. The van der Waals surface area contributed by atoms with Crippen LogP contribution >= 0.6 is 0 Å². The Morgan fingerprint density at radius 1 is 1.03 bits per heavy atom. The van der Waals surface area contributed by atoms with Gasteiger partial charge in [0, 0.05) is 11.6 Å². The first kappa shape index (κ1) is 22.3. The van der Waals surface area contributed by atoms with E-state index in [2.05, 4.69) is 14.9 Å². The number of nitrogens with two attached hydrogens (primary N) is 1. The second-order valence-electron chi connectivity index (χ2n) is 7.76. The topological polar surface area (TPSA) is 100 Å². The summed E-state index contributed by atoms with van der Waals surface area (Å²) in [6.07, 6.45) is 1.55. The van der Waals surface area contributed by atoms with Crippen molar-refractivity contribution >= 4 is 10.0 Å². The Morgan fingerprint density at radius 2 is 1.75 bits per heavy atom. The molecule has 7 nitrogen and oxygen atoms in total. The second-order valence-corrected chi connectivity index (χ2v) is 9.33. The van der Waals surface area contributed by atoms with Crippen molar-refractivity contribution in [3.8, 4) is 16.9 Å². The number of alkyl halides is 3. The zero-order valence-electron chi connectivity index (χ0n) is 16.9. The molecule has 2 N–H and O–H groups in total. The van der Waals surface area contributed by atoms with Crippen LogP contribution in [0.1, 0.15) is 43.2 Å². The maximum atomic E-state index is 13.0. The number of hydrogen-bond acceptors (Lipinski definition) is 5. The summed E-state index contributed by atoms with van der Waals surface area (Å²) in [6.45, 7) is 0. The Hall–Kier alpha value is -2.92. The highest BCUT2D eigenvalue weighted by Gasteiger charge is 2.33. The molecular formula is C21H21F3N4O3S. The number of benzene rings is 2. The van der Waals surface area contributed by atoms with Gasteiger partial charge in [-0.25, -0.2) is 13.6 Å². The average Bonchev–Trinajstić information content (AvgIpc) is 3.27. The van der Waals surface area contributed by atoms with Gasteiger partial charge in [-0.3, -0.25) is 0 Å². The largest absolute Gasteiger partial charge is 0.573 e. The van der Waals surface area contributed by atoms with Gasteiger partial charge in [0.15, 0.2) is 0 Å². The Balaban J connectivity index is 1.81. The van der Waals surface area contributed by atoms with Crippen molar-refractivity contribution in [2.45, 2.75) is 48.9 Å². The maximum absolute atomic E-state index is 13.0. The van der Waals surface area contributed by atoms with E-state index in [1.807, 2.05) is 4.57 Å². The number of halogens is 3. The minimum absolute atomic E-state index is 0.0862. The van der Waals surface area contributed by atoms with Crippen LogP contribution in [-0.4, -0.2) is 29.5 Å². The zero-order valence-corrected chi connectivity index (χ0v) is 17.7.